The van der Waals surface area contributed by atoms with Crippen molar-refractivity contribution < 1.29 is 14.7 Å². The molecule has 0 atom stereocenters. The quantitative estimate of drug-likeness (QED) is 0.547. The molecule has 5 nitrogen and oxygen atoms in total. The van der Waals surface area contributed by atoms with E-state index >= 15 is 0 Å². The SMILES string of the molecule is C#Cc1ccc(-c2cncn2Cc2cccc(C(=O)Cl)c2)cc1.CC(=O)O. The maximum atomic E-state index is 11.3. The highest BCUT2D eigenvalue weighted by molar-refractivity contribution is 6.67. The number of rotatable bonds is 4. The first-order chi connectivity index (χ1) is 12.9. The third-order valence-corrected chi connectivity index (χ3v) is 3.78. The van der Waals surface area contributed by atoms with Gasteiger partial charge in [-0.1, -0.05) is 36.3 Å². The summed E-state index contributed by atoms with van der Waals surface area (Å²) in [7, 11) is 0. The highest BCUT2D eigenvalue weighted by Gasteiger charge is 2.07. The number of aromatic nitrogens is 2. The molecule has 3 rings (SSSR count). The highest BCUT2D eigenvalue weighted by atomic mass is 35.5. The van der Waals surface area contributed by atoms with E-state index in [1.807, 2.05) is 41.0 Å². The second-order valence-corrected chi connectivity index (χ2v) is 5.96. The summed E-state index contributed by atoms with van der Waals surface area (Å²) >= 11 is 5.54. The molecule has 1 N–H and O–H groups in total. The van der Waals surface area contributed by atoms with E-state index in [0.29, 0.717) is 12.1 Å². The number of imidazole rings is 1. The van der Waals surface area contributed by atoms with Gasteiger partial charge >= 0.3 is 0 Å². The van der Waals surface area contributed by atoms with Crippen molar-refractivity contribution in [2.24, 2.45) is 0 Å². The summed E-state index contributed by atoms with van der Waals surface area (Å²) in [6.07, 6.45) is 8.95. The molecule has 0 aliphatic carbocycles. The minimum atomic E-state index is -0.833. The van der Waals surface area contributed by atoms with Crippen LogP contribution in [0.15, 0.2) is 61.1 Å². The van der Waals surface area contributed by atoms with E-state index in [0.717, 1.165) is 29.3 Å². The van der Waals surface area contributed by atoms with Crippen LogP contribution in [0.3, 0.4) is 0 Å². The lowest BCUT2D eigenvalue weighted by Crippen LogP contribution is -2.01. The molecule has 0 aliphatic rings. The van der Waals surface area contributed by atoms with Crippen LogP contribution < -0.4 is 0 Å². The maximum Gasteiger partial charge on any atom is 0.300 e. The van der Waals surface area contributed by atoms with Crippen LogP contribution in [0.5, 0.6) is 0 Å². The zero-order valence-corrected chi connectivity index (χ0v) is 15.3. The van der Waals surface area contributed by atoms with Gasteiger partial charge in [0.2, 0.25) is 0 Å². The molecule has 0 fully saturated rings. The Hall–Kier alpha value is -3.36. The third-order valence-electron chi connectivity index (χ3n) is 3.57. The highest BCUT2D eigenvalue weighted by Crippen LogP contribution is 2.21. The van der Waals surface area contributed by atoms with E-state index in [-0.39, 0.29) is 0 Å². The Morgan fingerprint density at radius 3 is 2.48 bits per heavy atom. The predicted octanol–water partition coefficient (Wildman–Crippen LogP) is 4.05. The van der Waals surface area contributed by atoms with E-state index in [9.17, 15) is 4.79 Å². The number of nitrogens with zero attached hydrogens (tertiary/aromatic N) is 2. The van der Waals surface area contributed by atoms with Crippen LogP contribution in [-0.2, 0) is 11.3 Å². The first-order valence-electron chi connectivity index (χ1n) is 7.96. The summed E-state index contributed by atoms with van der Waals surface area (Å²) in [6, 6.07) is 15.0. The van der Waals surface area contributed by atoms with Gasteiger partial charge in [-0.05, 0) is 40.9 Å². The normalized spacial score (nSPS) is 9.67. The molecule has 0 amide bonds. The Morgan fingerprint density at radius 2 is 1.89 bits per heavy atom. The average molecular weight is 381 g/mol. The van der Waals surface area contributed by atoms with Crippen molar-refractivity contribution in [3.63, 3.8) is 0 Å². The summed E-state index contributed by atoms with van der Waals surface area (Å²) in [5, 5.41) is 6.96. The zero-order valence-electron chi connectivity index (χ0n) is 14.6. The number of carboxylic acids is 1. The summed E-state index contributed by atoms with van der Waals surface area (Å²) in [5.41, 5.74) is 4.33. The van der Waals surface area contributed by atoms with Crippen molar-refractivity contribution in [3.8, 4) is 23.6 Å². The molecule has 3 aromatic rings. The van der Waals surface area contributed by atoms with E-state index in [4.69, 9.17) is 27.9 Å². The van der Waals surface area contributed by atoms with Gasteiger partial charge in [-0.15, -0.1) is 6.42 Å². The number of terminal acetylenes is 1. The summed E-state index contributed by atoms with van der Waals surface area (Å²) in [4.78, 5) is 24.5. The number of carbonyl (C=O) groups is 2. The van der Waals surface area contributed by atoms with Crippen molar-refractivity contribution >= 4 is 22.8 Å². The number of aliphatic carboxylic acids is 1. The van der Waals surface area contributed by atoms with Crippen molar-refractivity contribution in [1.29, 1.82) is 0 Å². The van der Waals surface area contributed by atoms with Crippen molar-refractivity contribution in [3.05, 3.63) is 77.7 Å². The van der Waals surface area contributed by atoms with Gasteiger partial charge in [0.15, 0.2) is 0 Å². The number of benzene rings is 2. The molecule has 27 heavy (non-hydrogen) atoms. The minimum absolute atomic E-state index is 0.456. The lowest BCUT2D eigenvalue weighted by Gasteiger charge is -2.09. The molecule has 0 radical (unpaired) electrons. The van der Waals surface area contributed by atoms with Crippen LogP contribution in [-0.4, -0.2) is 25.9 Å². The number of hydrogen-bond acceptors (Lipinski definition) is 3. The lowest BCUT2D eigenvalue weighted by molar-refractivity contribution is -0.134. The van der Waals surface area contributed by atoms with Crippen LogP contribution in [0, 0.1) is 12.3 Å². The third kappa shape index (κ3) is 5.84. The van der Waals surface area contributed by atoms with Crippen LogP contribution in [0.1, 0.15) is 28.4 Å². The molecular weight excluding hydrogens is 364 g/mol. The maximum absolute atomic E-state index is 11.3. The van der Waals surface area contributed by atoms with Crippen LogP contribution in [0.4, 0.5) is 0 Å². The molecule has 1 aromatic heterocycles. The Balaban J connectivity index is 0.000000596. The second-order valence-electron chi connectivity index (χ2n) is 5.62. The fourth-order valence-corrected chi connectivity index (χ4v) is 2.53. The van der Waals surface area contributed by atoms with E-state index in [1.165, 1.54) is 0 Å². The molecule has 136 valence electrons. The van der Waals surface area contributed by atoms with Crippen molar-refractivity contribution in [2.45, 2.75) is 13.5 Å². The molecule has 0 spiro atoms. The standard InChI is InChI=1S/C19H13ClN2O.C2H4O2/c1-2-14-6-8-16(9-7-14)18-11-21-13-22(18)12-15-4-3-5-17(10-15)19(20)23;1-2(3)4/h1,3-11,13H,12H2;1H3,(H,3,4). The smallest absolute Gasteiger partial charge is 0.300 e. The predicted molar refractivity (Wildman–Crippen MR) is 105 cm³/mol. The number of carboxylic acid groups (broad SMARTS) is 1. The second kappa shape index (κ2) is 9.37. The van der Waals surface area contributed by atoms with E-state index in [2.05, 4.69) is 10.9 Å². The molecule has 0 unspecified atom stereocenters. The van der Waals surface area contributed by atoms with Crippen molar-refractivity contribution in [2.75, 3.05) is 0 Å². The average Bonchev–Trinajstić information content (AvgIpc) is 3.09. The molecular formula is C21H17ClN2O3. The van der Waals surface area contributed by atoms with E-state index in [1.54, 1.807) is 24.7 Å². The fraction of sp³-hybridized carbons (Fsp3) is 0.0952. The first-order valence-corrected chi connectivity index (χ1v) is 8.34. The van der Waals surface area contributed by atoms with Gasteiger partial charge in [0, 0.05) is 24.6 Å². The summed E-state index contributed by atoms with van der Waals surface area (Å²) < 4.78 is 2.02. The largest absolute Gasteiger partial charge is 0.481 e. The van der Waals surface area contributed by atoms with Crippen LogP contribution in [0.25, 0.3) is 11.3 Å². The molecule has 6 heteroatoms. The van der Waals surface area contributed by atoms with Gasteiger partial charge in [-0.3, -0.25) is 9.59 Å². The molecule has 0 saturated carbocycles. The van der Waals surface area contributed by atoms with Crippen LogP contribution in [0.2, 0.25) is 0 Å². The number of carbonyl (C=O) groups excluding carboxylic acids is 1. The Labute approximate surface area is 162 Å². The van der Waals surface area contributed by atoms with Gasteiger partial charge in [-0.25, -0.2) is 4.98 Å². The fourth-order valence-electron chi connectivity index (χ4n) is 2.41. The Kier molecular flexibility index (Phi) is 6.93. The lowest BCUT2D eigenvalue weighted by atomic mass is 10.1. The van der Waals surface area contributed by atoms with E-state index < -0.39 is 11.2 Å². The van der Waals surface area contributed by atoms with Gasteiger partial charge in [0.1, 0.15) is 0 Å². The zero-order chi connectivity index (χ0) is 19.8. The summed E-state index contributed by atoms with van der Waals surface area (Å²) in [5.74, 6) is 1.77. The number of hydrogen-bond donors (Lipinski definition) is 1. The monoisotopic (exact) mass is 380 g/mol. The molecule has 0 aliphatic heterocycles. The van der Waals surface area contributed by atoms with Crippen molar-refractivity contribution in [1.82, 2.24) is 9.55 Å². The molecule has 0 saturated heterocycles. The Bertz CT molecular complexity index is 981. The molecule has 1 heterocycles. The van der Waals surface area contributed by atoms with Gasteiger partial charge in [0.05, 0.1) is 18.2 Å². The molecule has 0 bridgehead atoms. The van der Waals surface area contributed by atoms with Gasteiger partial charge < -0.3 is 9.67 Å². The topological polar surface area (TPSA) is 72.2 Å². The molecule has 2 aromatic carbocycles. The minimum Gasteiger partial charge on any atom is -0.481 e. The first kappa shape index (κ1) is 20.0. The van der Waals surface area contributed by atoms with Gasteiger partial charge in [-0.2, -0.15) is 0 Å². The number of halogens is 1. The van der Waals surface area contributed by atoms with Gasteiger partial charge in [0.25, 0.3) is 11.2 Å². The van der Waals surface area contributed by atoms with Crippen LogP contribution >= 0.6 is 11.6 Å². The summed E-state index contributed by atoms with van der Waals surface area (Å²) in [6.45, 7) is 1.68. The Morgan fingerprint density at radius 1 is 1.22 bits per heavy atom.